The second kappa shape index (κ2) is 9.11. The third-order valence-electron chi connectivity index (χ3n) is 5.80. The van der Waals surface area contributed by atoms with E-state index < -0.39 is 16.1 Å². The number of carbonyl (C=O) groups excluding carboxylic acids is 1. The van der Waals surface area contributed by atoms with Crippen LogP contribution < -0.4 is 5.32 Å². The summed E-state index contributed by atoms with van der Waals surface area (Å²) in [5.41, 5.74) is 2.54. The number of sulfonamides is 1. The van der Waals surface area contributed by atoms with Crippen molar-refractivity contribution in [3.8, 4) is 0 Å². The Morgan fingerprint density at radius 2 is 1.68 bits per heavy atom. The van der Waals surface area contributed by atoms with E-state index in [0.717, 1.165) is 36.0 Å². The molecule has 2 atom stereocenters. The monoisotopic (exact) mass is 429 g/mol. The van der Waals surface area contributed by atoms with Crippen molar-refractivity contribution in [2.24, 2.45) is 0 Å². The third kappa shape index (κ3) is 4.37. The maximum Gasteiger partial charge on any atom is 0.244 e. The zero-order chi connectivity index (χ0) is 19.8. The number of rotatable bonds is 4. The van der Waals surface area contributed by atoms with Gasteiger partial charge in [0.15, 0.2) is 0 Å². The van der Waals surface area contributed by atoms with E-state index in [1.54, 1.807) is 0 Å². The van der Waals surface area contributed by atoms with E-state index in [1.807, 2.05) is 44.9 Å². The summed E-state index contributed by atoms with van der Waals surface area (Å²) in [7, 11) is -1.79. The lowest BCUT2D eigenvalue weighted by molar-refractivity contribution is -0.136. The lowest BCUT2D eigenvalue weighted by Crippen LogP contribution is -2.53. The van der Waals surface area contributed by atoms with Crippen LogP contribution in [0.4, 0.5) is 0 Å². The Labute approximate surface area is 175 Å². The summed E-state index contributed by atoms with van der Waals surface area (Å²) in [6.07, 6.45) is 3.33. The van der Waals surface area contributed by atoms with E-state index in [4.69, 9.17) is 0 Å². The molecule has 1 aromatic rings. The molecule has 3 rings (SSSR count). The molecule has 6 nitrogen and oxygen atoms in total. The fourth-order valence-electron chi connectivity index (χ4n) is 4.59. The van der Waals surface area contributed by atoms with E-state index in [9.17, 15) is 13.2 Å². The second-order valence-electron chi connectivity index (χ2n) is 7.91. The molecular formula is C20H32ClN3O3S. The van der Waals surface area contributed by atoms with Crippen molar-refractivity contribution in [3.63, 3.8) is 0 Å². The maximum atomic E-state index is 13.4. The van der Waals surface area contributed by atoms with Crippen molar-refractivity contribution < 1.29 is 13.2 Å². The predicted octanol–water partition coefficient (Wildman–Crippen LogP) is 2.40. The Morgan fingerprint density at radius 1 is 1.07 bits per heavy atom. The van der Waals surface area contributed by atoms with Gasteiger partial charge < -0.3 is 10.2 Å². The van der Waals surface area contributed by atoms with Crippen molar-refractivity contribution in [3.05, 3.63) is 28.8 Å². The Kier molecular flexibility index (Phi) is 7.53. The molecule has 2 unspecified atom stereocenters. The highest BCUT2D eigenvalue weighted by Crippen LogP contribution is 2.31. The van der Waals surface area contributed by atoms with Gasteiger partial charge in [0.2, 0.25) is 15.9 Å². The van der Waals surface area contributed by atoms with E-state index in [-0.39, 0.29) is 24.4 Å². The number of carbonyl (C=O) groups is 1. The average molecular weight is 430 g/mol. The minimum atomic E-state index is -3.70. The SMILES string of the molecule is CNC1CCCN(C(=O)C2CCCN2S(=O)(=O)c2c(C)cc(C)cc2C)C1.Cl. The molecule has 0 aliphatic carbocycles. The smallest absolute Gasteiger partial charge is 0.244 e. The molecule has 0 aromatic heterocycles. The topological polar surface area (TPSA) is 69.7 Å². The summed E-state index contributed by atoms with van der Waals surface area (Å²) < 4.78 is 28.3. The molecule has 1 N–H and O–H groups in total. The van der Waals surface area contributed by atoms with Crippen LogP contribution in [0.2, 0.25) is 0 Å². The number of likely N-dealkylation sites (tertiary alicyclic amines) is 1. The first-order valence-electron chi connectivity index (χ1n) is 9.81. The number of piperidine rings is 1. The first-order valence-corrected chi connectivity index (χ1v) is 11.3. The molecule has 2 aliphatic rings. The van der Waals surface area contributed by atoms with Gasteiger partial charge in [-0.1, -0.05) is 17.7 Å². The standard InChI is InChI=1S/C20H31N3O3S.ClH/c1-14-11-15(2)19(16(3)12-14)27(25,26)23-10-6-8-18(23)20(24)22-9-5-7-17(13-22)21-4;/h11-12,17-18,21H,5-10,13H2,1-4H3;1H. The van der Waals surface area contributed by atoms with Crippen LogP contribution in [-0.4, -0.2) is 62.3 Å². The molecule has 158 valence electrons. The molecule has 2 heterocycles. The molecule has 28 heavy (non-hydrogen) atoms. The molecule has 2 saturated heterocycles. The molecule has 0 radical (unpaired) electrons. The van der Waals surface area contributed by atoms with E-state index in [2.05, 4.69) is 5.32 Å². The minimum Gasteiger partial charge on any atom is -0.340 e. The molecule has 0 spiro atoms. The fraction of sp³-hybridized carbons (Fsp3) is 0.650. The van der Waals surface area contributed by atoms with E-state index >= 15 is 0 Å². The van der Waals surface area contributed by atoms with Gasteiger partial charge >= 0.3 is 0 Å². The highest BCUT2D eigenvalue weighted by molar-refractivity contribution is 7.89. The number of nitrogens with one attached hydrogen (secondary N) is 1. The van der Waals surface area contributed by atoms with Gasteiger partial charge in [-0.3, -0.25) is 4.79 Å². The number of hydrogen-bond acceptors (Lipinski definition) is 4. The van der Waals surface area contributed by atoms with Crippen LogP contribution in [0.3, 0.4) is 0 Å². The van der Waals surface area contributed by atoms with Crippen LogP contribution in [0, 0.1) is 20.8 Å². The zero-order valence-corrected chi connectivity index (χ0v) is 18.8. The second-order valence-corrected chi connectivity index (χ2v) is 9.74. The number of amides is 1. The van der Waals surface area contributed by atoms with Gasteiger partial charge in [-0.2, -0.15) is 4.31 Å². The van der Waals surface area contributed by atoms with Crippen LogP contribution in [0.25, 0.3) is 0 Å². The summed E-state index contributed by atoms with van der Waals surface area (Å²) in [6.45, 7) is 7.41. The van der Waals surface area contributed by atoms with Crippen LogP contribution in [0.1, 0.15) is 42.4 Å². The van der Waals surface area contributed by atoms with Gasteiger partial charge in [0.25, 0.3) is 0 Å². The summed E-state index contributed by atoms with van der Waals surface area (Å²) in [6, 6.07) is 3.51. The normalized spacial score (nSPS) is 23.5. The molecule has 2 fully saturated rings. The number of benzene rings is 1. The van der Waals surface area contributed by atoms with Gasteiger partial charge in [0.1, 0.15) is 6.04 Å². The van der Waals surface area contributed by atoms with Crippen molar-refractivity contribution in [2.75, 3.05) is 26.7 Å². The van der Waals surface area contributed by atoms with Crippen molar-refractivity contribution >= 4 is 28.3 Å². The highest BCUT2D eigenvalue weighted by atomic mass is 35.5. The van der Waals surface area contributed by atoms with Crippen molar-refractivity contribution in [1.29, 1.82) is 0 Å². The Hall–Kier alpha value is -1.15. The summed E-state index contributed by atoms with van der Waals surface area (Å²) >= 11 is 0. The minimum absolute atomic E-state index is 0. The van der Waals surface area contributed by atoms with Gasteiger partial charge in [-0.15, -0.1) is 12.4 Å². The first kappa shape index (κ1) is 23.1. The average Bonchev–Trinajstić information content (AvgIpc) is 3.10. The Morgan fingerprint density at radius 3 is 2.29 bits per heavy atom. The summed E-state index contributed by atoms with van der Waals surface area (Å²) in [4.78, 5) is 15.4. The van der Waals surface area contributed by atoms with E-state index in [1.165, 1.54) is 4.31 Å². The number of halogens is 1. The van der Waals surface area contributed by atoms with Crippen molar-refractivity contribution in [2.45, 2.75) is 63.4 Å². The van der Waals surface area contributed by atoms with Gasteiger partial charge in [-0.25, -0.2) is 8.42 Å². The lowest BCUT2D eigenvalue weighted by atomic mass is 10.0. The first-order chi connectivity index (χ1) is 12.8. The quantitative estimate of drug-likeness (QED) is 0.797. The molecule has 1 aromatic carbocycles. The molecule has 8 heteroatoms. The number of nitrogens with zero attached hydrogens (tertiary/aromatic N) is 2. The summed E-state index contributed by atoms with van der Waals surface area (Å²) in [5.74, 6) is -0.0431. The highest BCUT2D eigenvalue weighted by Gasteiger charge is 2.42. The number of aryl methyl sites for hydroxylation is 3. The Bertz CT molecular complexity index is 805. The van der Waals surface area contributed by atoms with Crippen LogP contribution in [-0.2, 0) is 14.8 Å². The third-order valence-corrected chi connectivity index (χ3v) is 8.02. The molecule has 1 amide bonds. The van der Waals surface area contributed by atoms with Crippen molar-refractivity contribution in [1.82, 2.24) is 14.5 Å². The largest absolute Gasteiger partial charge is 0.340 e. The Balaban J connectivity index is 0.00000280. The molecule has 0 bridgehead atoms. The number of likely N-dealkylation sites (N-methyl/N-ethyl adjacent to an activating group) is 1. The van der Waals surface area contributed by atoms with Gasteiger partial charge in [0, 0.05) is 25.7 Å². The molecule has 2 aliphatic heterocycles. The fourth-order valence-corrected chi connectivity index (χ4v) is 6.66. The molecule has 0 saturated carbocycles. The van der Waals surface area contributed by atoms with Crippen LogP contribution in [0.5, 0.6) is 0 Å². The van der Waals surface area contributed by atoms with Gasteiger partial charge in [-0.05, 0) is 64.6 Å². The van der Waals surface area contributed by atoms with Crippen LogP contribution >= 0.6 is 12.4 Å². The summed E-state index contributed by atoms with van der Waals surface area (Å²) in [5, 5.41) is 3.24. The van der Waals surface area contributed by atoms with E-state index in [0.29, 0.717) is 31.0 Å². The maximum absolute atomic E-state index is 13.4. The lowest BCUT2D eigenvalue weighted by Gasteiger charge is -2.36. The predicted molar refractivity (Wildman–Crippen MR) is 113 cm³/mol. The molecular weight excluding hydrogens is 398 g/mol. The number of hydrogen-bond donors (Lipinski definition) is 1. The zero-order valence-electron chi connectivity index (χ0n) is 17.2. The van der Waals surface area contributed by atoms with Crippen LogP contribution in [0.15, 0.2) is 17.0 Å². The van der Waals surface area contributed by atoms with Gasteiger partial charge in [0.05, 0.1) is 4.90 Å².